The van der Waals surface area contributed by atoms with Crippen molar-refractivity contribution < 1.29 is 4.79 Å². The molecular formula is C21H23N3O2S2. The van der Waals surface area contributed by atoms with Crippen LogP contribution in [0.1, 0.15) is 25.7 Å². The summed E-state index contributed by atoms with van der Waals surface area (Å²) < 4.78 is 1.56. The molecule has 0 saturated carbocycles. The van der Waals surface area contributed by atoms with Crippen LogP contribution in [-0.2, 0) is 11.8 Å². The number of aromatic nitrogens is 2. The third-order valence-electron chi connectivity index (χ3n) is 5.07. The number of amides is 1. The van der Waals surface area contributed by atoms with Gasteiger partial charge in [0.05, 0.1) is 11.1 Å². The first-order valence-corrected chi connectivity index (χ1v) is 11.4. The van der Waals surface area contributed by atoms with Gasteiger partial charge in [-0.15, -0.1) is 11.3 Å². The van der Waals surface area contributed by atoms with E-state index in [0.29, 0.717) is 16.3 Å². The van der Waals surface area contributed by atoms with E-state index in [9.17, 15) is 9.59 Å². The highest BCUT2D eigenvalue weighted by Gasteiger charge is 2.18. The number of benzene rings is 1. The first-order valence-electron chi connectivity index (χ1n) is 9.60. The number of thioether (sulfide) groups is 1. The van der Waals surface area contributed by atoms with Gasteiger partial charge in [-0.25, -0.2) is 4.98 Å². The summed E-state index contributed by atoms with van der Waals surface area (Å²) in [6, 6.07) is 11.9. The Labute approximate surface area is 172 Å². The Hall–Kier alpha value is -2.12. The van der Waals surface area contributed by atoms with Crippen LogP contribution in [0.25, 0.3) is 20.7 Å². The SMILES string of the molecule is Cn1c(SCC(=O)N2CCCCCC2)nc2sc(-c3ccccc3)cc2c1=O. The average molecular weight is 414 g/mol. The van der Waals surface area contributed by atoms with Gasteiger partial charge in [-0.05, 0) is 24.5 Å². The van der Waals surface area contributed by atoms with Crippen molar-refractivity contribution in [2.45, 2.75) is 30.8 Å². The van der Waals surface area contributed by atoms with Crippen molar-refractivity contribution in [2.24, 2.45) is 7.05 Å². The highest BCUT2D eigenvalue weighted by molar-refractivity contribution is 7.99. The Bertz CT molecular complexity index is 1030. The van der Waals surface area contributed by atoms with Crippen molar-refractivity contribution in [3.8, 4) is 10.4 Å². The lowest BCUT2D eigenvalue weighted by molar-refractivity contribution is -0.128. The number of carbonyl (C=O) groups is 1. The predicted molar refractivity (Wildman–Crippen MR) is 116 cm³/mol. The van der Waals surface area contributed by atoms with Crippen molar-refractivity contribution in [1.82, 2.24) is 14.5 Å². The summed E-state index contributed by atoms with van der Waals surface area (Å²) in [5, 5.41) is 1.23. The van der Waals surface area contributed by atoms with Crippen molar-refractivity contribution in [1.29, 1.82) is 0 Å². The van der Waals surface area contributed by atoms with Crippen LogP contribution in [0, 0.1) is 0 Å². The highest BCUT2D eigenvalue weighted by Crippen LogP contribution is 2.32. The normalized spacial score (nSPS) is 15.0. The van der Waals surface area contributed by atoms with E-state index >= 15 is 0 Å². The molecule has 1 fully saturated rings. The molecule has 1 amide bonds. The van der Waals surface area contributed by atoms with Gasteiger partial charge in [0, 0.05) is 25.0 Å². The number of carbonyl (C=O) groups excluding carboxylic acids is 1. The van der Waals surface area contributed by atoms with Gasteiger partial charge >= 0.3 is 0 Å². The number of hydrogen-bond donors (Lipinski definition) is 0. The van der Waals surface area contributed by atoms with Crippen molar-refractivity contribution in [3.05, 3.63) is 46.8 Å². The molecule has 28 heavy (non-hydrogen) atoms. The second kappa shape index (κ2) is 8.49. The molecule has 146 valence electrons. The lowest BCUT2D eigenvalue weighted by Crippen LogP contribution is -2.33. The second-order valence-electron chi connectivity index (χ2n) is 7.04. The van der Waals surface area contributed by atoms with Gasteiger partial charge in [-0.3, -0.25) is 14.2 Å². The van der Waals surface area contributed by atoms with Crippen LogP contribution in [0.2, 0.25) is 0 Å². The number of nitrogens with zero attached hydrogens (tertiary/aromatic N) is 3. The molecule has 3 aromatic rings. The van der Waals surface area contributed by atoms with Gasteiger partial charge < -0.3 is 4.90 Å². The van der Waals surface area contributed by atoms with Crippen LogP contribution in [0.15, 0.2) is 46.3 Å². The summed E-state index contributed by atoms with van der Waals surface area (Å²) in [7, 11) is 1.73. The summed E-state index contributed by atoms with van der Waals surface area (Å²) in [4.78, 5) is 33.8. The van der Waals surface area contributed by atoms with Gasteiger partial charge in [-0.2, -0.15) is 0 Å². The minimum Gasteiger partial charge on any atom is -0.342 e. The molecule has 0 aliphatic carbocycles. The van der Waals surface area contributed by atoms with E-state index in [-0.39, 0.29) is 11.5 Å². The third kappa shape index (κ3) is 4.00. The van der Waals surface area contributed by atoms with Crippen molar-refractivity contribution in [2.75, 3.05) is 18.8 Å². The Morgan fingerprint density at radius 2 is 1.86 bits per heavy atom. The lowest BCUT2D eigenvalue weighted by Gasteiger charge is -2.20. The maximum absolute atomic E-state index is 12.8. The number of rotatable bonds is 4. The third-order valence-corrected chi connectivity index (χ3v) is 7.17. The Morgan fingerprint density at radius 1 is 1.14 bits per heavy atom. The summed E-state index contributed by atoms with van der Waals surface area (Å²) in [5.41, 5.74) is 1.02. The summed E-state index contributed by atoms with van der Waals surface area (Å²) in [6.45, 7) is 1.69. The molecule has 0 unspecified atom stereocenters. The van der Waals surface area contributed by atoms with Crippen LogP contribution in [0.5, 0.6) is 0 Å². The van der Waals surface area contributed by atoms with Crippen LogP contribution < -0.4 is 5.56 Å². The molecule has 1 aromatic carbocycles. The van der Waals surface area contributed by atoms with E-state index in [0.717, 1.165) is 41.2 Å². The number of fused-ring (bicyclic) bond motifs is 1. The molecule has 7 heteroatoms. The van der Waals surface area contributed by atoms with Gasteiger partial charge in [-0.1, -0.05) is 54.9 Å². The van der Waals surface area contributed by atoms with E-state index in [1.165, 1.54) is 35.9 Å². The van der Waals surface area contributed by atoms with E-state index in [4.69, 9.17) is 4.98 Å². The summed E-state index contributed by atoms with van der Waals surface area (Å²) in [6.07, 6.45) is 4.56. The van der Waals surface area contributed by atoms with Crippen LogP contribution in [0.4, 0.5) is 0 Å². The Kier molecular flexibility index (Phi) is 5.82. The molecule has 5 nitrogen and oxygen atoms in total. The number of thiophene rings is 1. The molecule has 0 spiro atoms. The van der Waals surface area contributed by atoms with E-state index in [1.54, 1.807) is 11.6 Å². The summed E-state index contributed by atoms with van der Waals surface area (Å²) in [5.74, 6) is 0.459. The van der Waals surface area contributed by atoms with Gasteiger partial charge in [0.2, 0.25) is 5.91 Å². The maximum atomic E-state index is 12.8. The average Bonchev–Trinajstić information content (AvgIpc) is 2.96. The first kappa shape index (κ1) is 19.2. The summed E-state index contributed by atoms with van der Waals surface area (Å²) >= 11 is 2.88. The monoisotopic (exact) mass is 413 g/mol. The fourth-order valence-electron chi connectivity index (χ4n) is 3.46. The maximum Gasteiger partial charge on any atom is 0.262 e. The minimum atomic E-state index is -0.0619. The molecule has 1 aliphatic rings. The molecule has 0 radical (unpaired) electrons. The molecule has 0 atom stereocenters. The van der Waals surface area contributed by atoms with Crippen LogP contribution >= 0.6 is 23.1 Å². The molecule has 2 aromatic heterocycles. The Morgan fingerprint density at radius 3 is 2.57 bits per heavy atom. The van der Waals surface area contributed by atoms with Crippen molar-refractivity contribution in [3.63, 3.8) is 0 Å². The van der Waals surface area contributed by atoms with Crippen LogP contribution in [0.3, 0.4) is 0 Å². The smallest absolute Gasteiger partial charge is 0.262 e. The topological polar surface area (TPSA) is 55.2 Å². The lowest BCUT2D eigenvalue weighted by atomic mass is 10.2. The first-order chi connectivity index (χ1) is 13.6. The van der Waals surface area contributed by atoms with Gasteiger partial charge in [0.25, 0.3) is 5.56 Å². The fraction of sp³-hybridized carbons (Fsp3) is 0.381. The Balaban J connectivity index is 1.56. The van der Waals surface area contributed by atoms with E-state index < -0.39 is 0 Å². The standard InChI is InChI=1S/C21H23N3O2S2/c1-23-20(26)16-13-17(15-9-5-4-6-10-15)28-19(16)22-21(23)27-14-18(25)24-11-7-2-3-8-12-24/h4-6,9-10,13H,2-3,7-8,11-12,14H2,1H3. The van der Waals surface area contributed by atoms with E-state index in [1.807, 2.05) is 41.3 Å². The zero-order valence-corrected chi connectivity index (χ0v) is 17.5. The highest BCUT2D eigenvalue weighted by atomic mass is 32.2. The second-order valence-corrected chi connectivity index (χ2v) is 9.01. The molecule has 0 bridgehead atoms. The molecule has 1 aliphatic heterocycles. The van der Waals surface area contributed by atoms with Gasteiger partial charge in [0.1, 0.15) is 4.83 Å². The molecular weight excluding hydrogens is 390 g/mol. The quantitative estimate of drug-likeness (QED) is 0.476. The molecule has 0 N–H and O–H groups in total. The number of hydrogen-bond acceptors (Lipinski definition) is 5. The van der Waals surface area contributed by atoms with Crippen molar-refractivity contribution >= 4 is 39.2 Å². The molecule has 1 saturated heterocycles. The number of likely N-dealkylation sites (tertiary alicyclic amines) is 1. The fourth-order valence-corrected chi connectivity index (χ4v) is 5.41. The zero-order chi connectivity index (χ0) is 19.5. The molecule has 4 rings (SSSR count). The van der Waals surface area contributed by atoms with Gasteiger partial charge in [0.15, 0.2) is 5.16 Å². The van der Waals surface area contributed by atoms with E-state index in [2.05, 4.69) is 0 Å². The molecule has 3 heterocycles. The predicted octanol–water partition coefficient (Wildman–Crippen LogP) is 4.16. The zero-order valence-electron chi connectivity index (χ0n) is 15.9. The van der Waals surface area contributed by atoms with Crippen LogP contribution in [-0.4, -0.2) is 39.2 Å². The minimum absolute atomic E-state index is 0.0619. The largest absolute Gasteiger partial charge is 0.342 e.